The Morgan fingerprint density at radius 3 is 2.65 bits per heavy atom. The Hall–Kier alpha value is -1.61. The first-order chi connectivity index (χ1) is 9.81. The first kappa shape index (κ1) is 13.4. The molecular formula is C17H19NOS. The summed E-state index contributed by atoms with van der Waals surface area (Å²) >= 11 is 1.79. The van der Waals surface area contributed by atoms with Gasteiger partial charge in [-0.15, -0.1) is 11.8 Å². The van der Waals surface area contributed by atoms with Crippen molar-refractivity contribution < 1.29 is 4.74 Å². The Morgan fingerprint density at radius 2 is 1.80 bits per heavy atom. The molecule has 0 spiro atoms. The molecule has 0 saturated carbocycles. The van der Waals surface area contributed by atoms with Gasteiger partial charge in [0.25, 0.3) is 0 Å². The molecule has 0 amide bonds. The maximum atomic E-state index is 5.83. The van der Waals surface area contributed by atoms with Crippen molar-refractivity contribution >= 4 is 17.4 Å². The third kappa shape index (κ3) is 3.28. The van der Waals surface area contributed by atoms with Crippen molar-refractivity contribution in [2.45, 2.75) is 24.2 Å². The minimum atomic E-state index is 0.730. The van der Waals surface area contributed by atoms with Gasteiger partial charge in [0, 0.05) is 16.3 Å². The molecule has 1 aliphatic rings. The number of fused-ring (bicyclic) bond motifs is 1. The van der Waals surface area contributed by atoms with Gasteiger partial charge in [0.05, 0.1) is 6.61 Å². The fraction of sp³-hybridized carbons (Fsp3) is 0.294. The third-order valence-corrected chi connectivity index (χ3v) is 4.55. The first-order valence-electron chi connectivity index (χ1n) is 7.04. The van der Waals surface area contributed by atoms with Crippen molar-refractivity contribution in [3.8, 4) is 5.75 Å². The number of ether oxygens (including phenoxy) is 1. The van der Waals surface area contributed by atoms with Crippen LogP contribution in [-0.4, -0.2) is 12.4 Å². The lowest BCUT2D eigenvalue weighted by molar-refractivity contribution is 0.343. The second-order valence-corrected chi connectivity index (χ2v) is 6.22. The Morgan fingerprint density at radius 1 is 1.00 bits per heavy atom. The summed E-state index contributed by atoms with van der Waals surface area (Å²) in [6.45, 7) is 0.730. The predicted molar refractivity (Wildman–Crippen MR) is 85.5 cm³/mol. The number of thioether (sulfide) groups is 1. The highest BCUT2D eigenvalue weighted by Crippen LogP contribution is 2.26. The van der Waals surface area contributed by atoms with Gasteiger partial charge in [-0.05, 0) is 66.8 Å². The summed E-state index contributed by atoms with van der Waals surface area (Å²) in [5.41, 5.74) is 9.44. The fourth-order valence-electron chi connectivity index (χ4n) is 2.52. The van der Waals surface area contributed by atoms with Crippen molar-refractivity contribution in [3.63, 3.8) is 0 Å². The number of nitrogen functional groups attached to an aromatic ring is 1. The molecule has 2 nitrogen and oxygen atoms in total. The first-order valence-corrected chi connectivity index (χ1v) is 8.03. The highest BCUT2D eigenvalue weighted by molar-refractivity contribution is 7.99. The van der Waals surface area contributed by atoms with Crippen LogP contribution < -0.4 is 10.5 Å². The molecule has 0 heterocycles. The van der Waals surface area contributed by atoms with E-state index < -0.39 is 0 Å². The van der Waals surface area contributed by atoms with Crippen LogP contribution in [0.3, 0.4) is 0 Å². The lowest BCUT2D eigenvalue weighted by Gasteiger charge is -2.08. The smallest absolute Gasteiger partial charge is 0.119 e. The molecular weight excluding hydrogens is 266 g/mol. The van der Waals surface area contributed by atoms with Gasteiger partial charge >= 0.3 is 0 Å². The highest BCUT2D eigenvalue weighted by atomic mass is 32.2. The maximum Gasteiger partial charge on any atom is 0.119 e. The Balaban J connectivity index is 1.47. The summed E-state index contributed by atoms with van der Waals surface area (Å²) < 4.78 is 5.83. The second kappa shape index (κ2) is 6.23. The molecule has 104 valence electrons. The summed E-state index contributed by atoms with van der Waals surface area (Å²) in [6, 6.07) is 14.5. The molecule has 0 radical (unpaired) electrons. The van der Waals surface area contributed by atoms with E-state index in [0.717, 1.165) is 23.8 Å². The minimum absolute atomic E-state index is 0.730. The standard InChI is InChI=1S/C17H19NOS/c18-15-5-8-17(9-6-15)20-11-10-19-16-7-4-13-2-1-3-14(13)12-16/h4-9,12H,1-3,10-11,18H2. The summed E-state index contributed by atoms with van der Waals surface area (Å²) in [4.78, 5) is 1.23. The van der Waals surface area contributed by atoms with Gasteiger partial charge in [0.15, 0.2) is 0 Å². The lowest BCUT2D eigenvalue weighted by atomic mass is 10.1. The number of hydrogen-bond acceptors (Lipinski definition) is 3. The van der Waals surface area contributed by atoms with Gasteiger partial charge in [0.2, 0.25) is 0 Å². The molecule has 3 rings (SSSR count). The summed E-state index contributed by atoms with van der Waals surface area (Å²) in [5.74, 6) is 1.95. The van der Waals surface area contributed by atoms with E-state index >= 15 is 0 Å². The van der Waals surface area contributed by atoms with Gasteiger partial charge in [-0.25, -0.2) is 0 Å². The van der Waals surface area contributed by atoms with Crippen molar-refractivity contribution in [2.75, 3.05) is 18.1 Å². The number of aryl methyl sites for hydroxylation is 2. The van der Waals surface area contributed by atoms with Crippen LogP contribution in [0.25, 0.3) is 0 Å². The fourth-order valence-corrected chi connectivity index (χ4v) is 3.25. The molecule has 0 atom stereocenters. The average molecular weight is 285 g/mol. The van der Waals surface area contributed by atoms with Crippen molar-refractivity contribution in [1.29, 1.82) is 0 Å². The summed E-state index contributed by atoms with van der Waals surface area (Å²) in [7, 11) is 0. The molecule has 0 bridgehead atoms. The predicted octanol–water partition coefficient (Wildman–Crippen LogP) is 3.93. The quantitative estimate of drug-likeness (QED) is 0.513. The zero-order valence-electron chi connectivity index (χ0n) is 11.5. The van der Waals surface area contributed by atoms with Crippen LogP contribution in [0.2, 0.25) is 0 Å². The van der Waals surface area contributed by atoms with E-state index in [1.54, 1.807) is 11.8 Å². The molecule has 2 N–H and O–H groups in total. The Kier molecular flexibility index (Phi) is 4.16. The monoisotopic (exact) mass is 285 g/mol. The van der Waals surface area contributed by atoms with Crippen molar-refractivity contribution in [3.05, 3.63) is 53.6 Å². The van der Waals surface area contributed by atoms with Crippen LogP contribution in [0, 0.1) is 0 Å². The van der Waals surface area contributed by atoms with Crippen molar-refractivity contribution in [2.24, 2.45) is 0 Å². The van der Waals surface area contributed by atoms with Crippen LogP contribution in [0.1, 0.15) is 17.5 Å². The number of anilines is 1. The largest absolute Gasteiger partial charge is 0.493 e. The minimum Gasteiger partial charge on any atom is -0.493 e. The van der Waals surface area contributed by atoms with E-state index in [9.17, 15) is 0 Å². The highest BCUT2D eigenvalue weighted by Gasteiger charge is 2.10. The molecule has 1 aliphatic carbocycles. The normalized spacial score (nSPS) is 13.2. The molecule has 0 fully saturated rings. The van der Waals surface area contributed by atoms with Crippen LogP contribution in [0.5, 0.6) is 5.75 Å². The number of nitrogens with two attached hydrogens (primary N) is 1. The number of benzene rings is 2. The van der Waals surface area contributed by atoms with E-state index in [0.29, 0.717) is 0 Å². The zero-order valence-corrected chi connectivity index (χ0v) is 12.3. The van der Waals surface area contributed by atoms with Crippen molar-refractivity contribution in [1.82, 2.24) is 0 Å². The number of hydrogen-bond donors (Lipinski definition) is 1. The van der Waals surface area contributed by atoms with Gasteiger partial charge < -0.3 is 10.5 Å². The summed E-state index contributed by atoms with van der Waals surface area (Å²) in [5, 5.41) is 0. The Labute approximate surface area is 124 Å². The third-order valence-electron chi connectivity index (χ3n) is 3.57. The maximum absolute atomic E-state index is 5.83. The molecule has 2 aromatic rings. The van der Waals surface area contributed by atoms with Crippen LogP contribution in [-0.2, 0) is 12.8 Å². The molecule has 3 heteroatoms. The Bertz CT molecular complexity index is 580. The van der Waals surface area contributed by atoms with Crippen LogP contribution >= 0.6 is 11.8 Å². The van der Waals surface area contributed by atoms with E-state index in [2.05, 4.69) is 30.3 Å². The molecule has 2 aromatic carbocycles. The van der Waals surface area contributed by atoms with Crippen LogP contribution in [0.4, 0.5) is 5.69 Å². The molecule has 20 heavy (non-hydrogen) atoms. The molecule has 0 saturated heterocycles. The number of rotatable bonds is 5. The molecule has 0 unspecified atom stereocenters. The van der Waals surface area contributed by atoms with Gasteiger partial charge in [-0.1, -0.05) is 6.07 Å². The SMILES string of the molecule is Nc1ccc(SCCOc2ccc3c(c2)CCC3)cc1. The van der Waals surface area contributed by atoms with E-state index in [1.165, 1.54) is 35.3 Å². The van der Waals surface area contributed by atoms with E-state index in [-0.39, 0.29) is 0 Å². The van der Waals surface area contributed by atoms with Gasteiger partial charge in [-0.2, -0.15) is 0 Å². The van der Waals surface area contributed by atoms with E-state index in [4.69, 9.17) is 10.5 Å². The van der Waals surface area contributed by atoms with Gasteiger partial charge in [-0.3, -0.25) is 0 Å². The average Bonchev–Trinajstić information content (AvgIpc) is 2.93. The summed E-state index contributed by atoms with van der Waals surface area (Å²) in [6.07, 6.45) is 3.71. The zero-order chi connectivity index (χ0) is 13.8. The second-order valence-electron chi connectivity index (χ2n) is 5.05. The topological polar surface area (TPSA) is 35.2 Å². The van der Waals surface area contributed by atoms with Crippen LogP contribution in [0.15, 0.2) is 47.4 Å². The molecule has 0 aromatic heterocycles. The lowest BCUT2D eigenvalue weighted by Crippen LogP contribution is -2.00. The molecule has 0 aliphatic heterocycles. The van der Waals surface area contributed by atoms with Gasteiger partial charge in [0.1, 0.15) is 5.75 Å². The van der Waals surface area contributed by atoms with E-state index in [1.807, 2.05) is 12.1 Å².